The second-order valence-electron chi connectivity index (χ2n) is 2.38. The van der Waals surface area contributed by atoms with E-state index in [1.54, 1.807) is 24.3 Å². The average molecular weight is 259 g/mol. The Morgan fingerprint density at radius 3 is 2.92 bits per heavy atom. The Labute approximate surface area is 89.3 Å². The second-order valence-corrected chi connectivity index (χ2v) is 3.71. The molecule has 0 aliphatic rings. The first-order valence-electron chi connectivity index (χ1n) is 3.50. The first-order chi connectivity index (χ1) is 6.15. The van der Waals surface area contributed by atoms with Gasteiger partial charge >= 0.3 is 0 Å². The number of benzene rings is 1. The summed E-state index contributed by atoms with van der Waals surface area (Å²) in [7, 11) is 0. The number of rotatable bonds is 2. The first kappa shape index (κ1) is 10.2. The molecule has 0 aliphatic heterocycles. The van der Waals surface area contributed by atoms with Crippen molar-refractivity contribution in [1.82, 2.24) is 0 Å². The molecule has 0 fully saturated rings. The molecule has 66 valence electrons. The van der Waals surface area contributed by atoms with Crippen LogP contribution in [0.25, 0.3) is 0 Å². The van der Waals surface area contributed by atoms with Gasteiger partial charge < -0.3 is 0 Å². The van der Waals surface area contributed by atoms with Gasteiger partial charge in [-0.05, 0) is 18.2 Å². The number of hydrogen-bond acceptors (Lipinski definition) is 2. The molecule has 0 atom stereocenters. The monoisotopic (exact) mass is 257 g/mol. The van der Waals surface area contributed by atoms with Gasteiger partial charge in [0, 0.05) is 10.0 Å². The van der Waals surface area contributed by atoms with Crippen molar-refractivity contribution >= 4 is 33.3 Å². The zero-order valence-corrected chi connectivity index (χ0v) is 8.89. The van der Waals surface area contributed by atoms with Crippen LogP contribution in [0.15, 0.2) is 22.7 Å². The highest BCUT2D eigenvalue weighted by molar-refractivity contribution is 9.10. The van der Waals surface area contributed by atoms with E-state index in [0.717, 1.165) is 4.47 Å². The third-order valence-corrected chi connectivity index (χ3v) is 2.29. The lowest BCUT2D eigenvalue weighted by molar-refractivity contribution is 0.0998. The Bertz CT molecular complexity index is 384. The van der Waals surface area contributed by atoms with Gasteiger partial charge in [-0.15, -0.1) is 0 Å². The van der Waals surface area contributed by atoms with Gasteiger partial charge in [0.2, 0.25) is 0 Å². The molecule has 0 bridgehead atoms. The maximum absolute atomic E-state index is 11.3. The Morgan fingerprint density at radius 1 is 1.62 bits per heavy atom. The lowest BCUT2D eigenvalue weighted by Crippen LogP contribution is -1.98. The van der Waals surface area contributed by atoms with Crippen LogP contribution in [0.1, 0.15) is 16.8 Å². The molecule has 0 amide bonds. The van der Waals surface area contributed by atoms with Crippen LogP contribution >= 0.6 is 27.5 Å². The van der Waals surface area contributed by atoms with Crippen LogP contribution in [-0.2, 0) is 0 Å². The largest absolute Gasteiger partial charge is 0.293 e. The fourth-order valence-corrected chi connectivity index (χ4v) is 1.46. The highest BCUT2D eigenvalue weighted by Crippen LogP contribution is 2.21. The Morgan fingerprint density at radius 2 is 2.31 bits per heavy atom. The van der Waals surface area contributed by atoms with Gasteiger partial charge in [-0.2, -0.15) is 5.26 Å². The minimum Gasteiger partial charge on any atom is -0.293 e. The maximum atomic E-state index is 11.3. The molecule has 1 aromatic carbocycles. The highest BCUT2D eigenvalue weighted by atomic mass is 79.9. The molecule has 0 heterocycles. The Kier molecular flexibility index (Phi) is 3.47. The third kappa shape index (κ3) is 2.55. The van der Waals surface area contributed by atoms with Crippen LogP contribution in [0.5, 0.6) is 0 Å². The summed E-state index contributed by atoms with van der Waals surface area (Å²) in [4.78, 5) is 11.3. The molecule has 0 unspecified atom stereocenters. The topological polar surface area (TPSA) is 40.9 Å². The van der Waals surface area contributed by atoms with Crippen LogP contribution in [-0.4, -0.2) is 5.78 Å². The molecule has 0 saturated heterocycles. The molecule has 0 spiro atoms. The molecule has 4 heteroatoms. The molecular weight excluding hydrogens is 253 g/mol. The minimum absolute atomic E-state index is 0.143. The predicted molar refractivity (Wildman–Crippen MR) is 53.7 cm³/mol. The molecule has 0 N–H and O–H groups in total. The number of Topliss-reactive ketones (excluding diaryl/α,β-unsaturated/α-hetero) is 1. The normalized spacial score (nSPS) is 9.31. The summed E-state index contributed by atoms with van der Waals surface area (Å²) in [5, 5.41) is 8.71. The molecule has 0 aliphatic carbocycles. The van der Waals surface area contributed by atoms with E-state index < -0.39 is 0 Å². The number of nitrogens with zero attached hydrogens (tertiary/aromatic N) is 1. The van der Waals surface area contributed by atoms with Gasteiger partial charge in [-0.1, -0.05) is 27.5 Å². The molecule has 1 rings (SSSR count). The van der Waals surface area contributed by atoms with Crippen molar-refractivity contribution in [2.45, 2.75) is 6.42 Å². The molecular formula is C9H5BrClNO. The van der Waals surface area contributed by atoms with E-state index in [0.29, 0.717) is 10.6 Å². The summed E-state index contributed by atoms with van der Waals surface area (Å²) in [6, 6.07) is 6.77. The number of carbonyl (C=O) groups is 1. The summed E-state index contributed by atoms with van der Waals surface area (Å²) in [6.45, 7) is 0. The van der Waals surface area contributed by atoms with Crippen molar-refractivity contribution in [3.63, 3.8) is 0 Å². The lowest BCUT2D eigenvalue weighted by atomic mass is 10.1. The number of nitriles is 1. The fraction of sp³-hybridized carbons (Fsp3) is 0.111. The SMILES string of the molecule is N#CCC(=O)c1cc(Br)ccc1Cl. The van der Waals surface area contributed by atoms with Crippen molar-refractivity contribution in [2.24, 2.45) is 0 Å². The molecule has 1 aromatic rings. The average Bonchev–Trinajstić information content (AvgIpc) is 2.09. The number of hydrogen-bond donors (Lipinski definition) is 0. The summed E-state index contributed by atoms with van der Waals surface area (Å²) in [5.74, 6) is -0.256. The van der Waals surface area contributed by atoms with Crippen molar-refractivity contribution in [1.29, 1.82) is 5.26 Å². The van der Waals surface area contributed by atoms with E-state index >= 15 is 0 Å². The summed E-state index contributed by atoms with van der Waals surface area (Å²) < 4.78 is 0.776. The van der Waals surface area contributed by atoms with Crippen LogP contribution in [0, 0.1) is 11.3 Å². The standard InChI is InChI=1S/C9H5BrClNO/c10-6-1-2-8(11)7(5-6)9(13)3-4-12/h1-2,5H,3H2. The molecule has 0 radical (unpaired) electrons. The van der Waals surface area contributed by atoms with E-state index in [1.165, 1.54) is 0 Å². The zero-order chi connectivity index (χ0) is 9.84. The quantitative estimate of drug-likeness (QED) is 0.764. The summed E-state index contributed by atoms with van der Waals surface area (Å²) >= 11 is 9.00. The Hall–Kier alpha value is -0.850. The first-order valence-corrected chi connectivity index (χ1v) is 4.67. The van der Waals surface area contributed by atoms with Gasteiger partial charge in [-0.25, -0.2) is 0 Å². The lowest BCUT2D eigenvalue weighted by Gasteiger charge is -2.00. The van der Waals surface area contributed by atoms with E-state index in [9.17, 15) is 4.79 Å². The second kappa shape index (κ2) is 4.40. The van der Waals surface area contributed by atoms with E-state index in [4.69, 9.17) is 16.9 Å². The molecule has 0 saturated carbocycles. The van der Waals surface area contributed by atoms with Crippen molar-refractivity contribution in [2.75, 3.05) is 0 Å². The van der Waals surface area contributed by atoms with Crippen molar-refractivity contribution in [3.05, 3.63) is 33.3 Å². The van der Waals surface area contributed by atoms with Crippen LogP contribution in [0.3, 0.4) is 0 Å². The Balaban J connectivity index is 3.07. The highest BCUT2D eigenvalue weighted by Gasteiger charge is 2.09. The maximum Gasteiger partial charge on any atom is 0.178 e. The molecule has 0 aromatic heterocycles. The van der Waals surface area contributed by atoms with Crippen LogP contribution in [0.2, 0.25) is 5.02 Å². The van der Waals surface area contributed by atoms with Crippen LogP contribution in [0.4, 0.5) is 0 Å². The zero-order valence-electron chi connectivity index (χ0n) is 6.55. The summed E-state index contributed by atoms with van der Waals surface area (Å²) in [6.07, 6.45) is -0.143. The molecule has 13 heavy (non-hydrogen) atoms. The van der Waals surface area contributed by atoms with Gasteiger partial charge in [0.15, 0.2) is 5.78 Å². The van der Waals surface area contributed by atoms with E-state index in [-0.39, 0.29) is 12.2 Å². The third-order valence-electron chi connectivity index (χ3n) is 1.47. The minimum atomic E-state index is -0.256. The van der Waals surface area contributed by atoms with E-state index in [1.807, 2.05) is 0 Å². The number of halogens is 2. The van der Waals surface area contributed by atoms with Gasteiger partial charge in [-0.3, -0.25) is 4.79 Å². The number of carbonyl (C=O) groups excluding carboxylic acids is 1. The smallest absolute Gasteiger partial charge is 0.178 e. The predicted octanol–water partition coefficient (Wildman–Crippen LogP) is 3.20. The van der Waals surface area contributed by atoms with Crippen molar-refractivity contribution < 1.29 is 4.79 Å². The summed E-state index contributed by atoms with van der Waals surface area (Å²) in [5.41, 5.74) is 0.387. The van der Waals surface area contributed by atoms with Gasteiger partial charge in [0.05, 0.1) is 17.5 Å². The molecule has 2 nitrogen and oxygen atoms in total. The van der Waals surface area contributed by atoms with E-state index in [2.05, 4.69) is 15.9 Å². The van der Waals surface area contributed by atoms with Gasteiger partial charge in [0.25, 0.3) is 0 Å². The number of ketones is 1. The van der Waals surface area contributed by atoms with Crippen molar-refractivity contribution in [3.8, 4) is 6.07 Å². The fourth-order valence-electron chi connectivity index (χ4n) is 0.878. The van der Waals surface area contributed by atoms with Crippen LogP contribution < -0.4 is 0 Å². The van der Waals surface area contributed by atoms with Gasteiger partial charge in [0.1, 0.15) is 0 Å².